The standard InChI is InChI=1S/C18H17N3O2S/c1-3-4-8-13(2)11-15(17(22)23)20-21-18-19-16(12-24-18)14-9-6-5-7-10-14/h3-10,12H,1-2,11H2,(H,19,21)(H,22,23)/b8-4-,20-15+. The third-order valence-corrected chi connectivity index (χ3v) is 3.72. The van der Waals surface area contributed by atoms with Crippen molar-refractivity contribution < 1.29 is 9.90 Å². The molecule has 0 aliphatic carbocycles. The molecule has 0 saturated carbocycles. The lowest BCUT2D eigenvalue weighted by Crippen LogP contribution is -2.15. The molecule has 2 N–H and O–H groups in total. The summed E-state index contributed by atoms with van der Waals surface area (Å²) in [5.41, 5.74) is 5.10. The number of hydrogen-bond donors (Lipinski definition) is 2. The zero-order valence-electron chi connectivity index (χ0n) is 13.0. The summed E-state index contributed by atoms with van der Waals surface area (Å²) in [4.78, 5) is 15.7. The molecule has 1 heterocycles. The molecule has 1 aromatic heterocycles. The zero-order valence-corrected chi connectivity index (χ0v) is 13.8. The van der Waals surface area contributed by atoms with E-state index in [1.165, 1.54) is 11.3 Å². The molecule has 0 aliphatic rings. The van der Waals surface area contributed by atoms with Gasteiger partial charge >= 0.3 is 5.97 Å². The highest BCUT2D eigenvalue weighted by atomic mass is 32.1. The first-order valence-electron chi connectivity index (χ1n) is 7.14. The first-order chi connectivity index (χ1) is 11.6. The van der Waals surface area contributed by atoms with Crippen molar-refractivity contribution in [1.82, 2.24) is 4.98 Å². The van der Waals surface area contributed by atoms with Gasteiger partial charge in [0.15, 0.2) is 0 Å². The van der Waals surface area contributed by atoms with Gasteiger partial charge in [0.05, 0.1) is 5.69 Å². The van der Waals surface area contributed by atoms with Gasteiger partial charge < -0.3 is 5.11 Å². The highest BCUT2D eigenvalue weighted by Crippen LogP contribution is 2.24. The summed E-state index contributed by atoms with van der Waals surface area (Å²) >= 11 is 1.36. The fraction of sp³-hybridized carbons (Fsp3) is 0.0556. The third kappa shape index (κ3) is 5.03. The van der Waals surface area contributed by atoms with Crippen LogP contribution in [-0.2, 0) is 4.79 Å². The van der Waals surface area contributed by atoms with Crippen LogP contribution in [0, 0.1) is 0 Å². The number of allylic oxidation sites excluding steroid dienone is 4. The van der Waals surface area contributed by atoms with Crippen LogP contribution in [0.15, 0.2) is 77.8 Å². The van der Waals surface area contributed by atoms with Gasteiger partial charge in [0.1, 0.15) is 5.71 Å². The normalized spacial score (nSPS) is 11.4. The Morgan fingerprint density at radius 3 is 2.79 bits per heavy atom. The second-order valence-electron chi connectivity index (χ2n) is 4.81. The number of thiazole rings is 1. The Balaban J connectivity index is 2.08. The maximum Gasteiger partial charge on any atom is 0.352 e. The molecule has 5 nitrogen and oxygen atoms in total. The molecular formula is C18H17N3O2S. The predicted molar refractivity (Wildman–Crippen MR) is 99.3 cm³/mol. The predicted octanol–water partition coefficient (Wildman–Crippen LogP) is 4.35. The minimum Gasteiger partial charge on any atom is -0.477 e. The number of aromatic nitrogens is 1. The van der Waals surface area contributed by atoms with E-state index in [9.17, 15) is 9.90 Å². The lowest BCUT2D eigenvalue weighted by molar-refractivity contribution is -0.129. The molecule has 1 aromatic carbocycles. The molecule has 0 unspecified atom stereocenters. The number of anilines is 1. The summed E-state index contributed by atoms with van der Waals surface area (Å²) in [7, 11) is 0. The Morgan fingerprint density at radius 2 is 2.12 bits per heavy atom. The van der Waals surface area contributed by atoms with Crippen molar-refractivity contribution >= 4 is 28.1 Å². The molecule has 2 aromatic rings. The maximum atomic E-state index is 11.3. The van der Waals surface area contributed by atoms with Crippen LogP contribution in [0.2, 0.25) is 0 Å². The van der Waals surface area contributed by atoms with Crippen LogP contribution in [0.4, 0.5) is 5.13 Å². The van der Waals surface area contributed by atoms with E-state index in [2.05, 4.69) is 28.7 Å². The molecule has 0 amide bonds. The number of carboxylic acid groups (broad SMARTS) is 1. The Labute approximate surface area is 144 Å². The molecule has 6 heteroatoms. The summed E-state index contributed by atoms with van der Waals surface area (Å²) in [6.07, 6.45) is 5.12. The average molecular weight is 339 g/mol. The van der Waals surface area contributed by atoms with E-state index in [0.29, 0.717) is 10.7 Å². The van der Waals surface area contributed by atoms with Crippen molar-refractivity contribution in [3.8, 4) is 11.3 Å². The molecule has 0 spiro atoms. The maximum absolute atomic E-state index is 11.3. The van der Waals surface area contributed by atoms with Crippen LogP contribution in [0.5, 0.6) is 0 Å². The van der Waals surface area contributed by atoms with Gasteiger partial charge in [0, 0.05) is 17.4 Å². The number of carbonyl (C=O) groups is 1. The molecule has 2 rings (SSSR count). The number of hydrogen-bond acceptors (Lipinski definition) is 5. The number of nitrogens with one attached hydrogen (secondary N) is 1. The van der Waals surface area contributed by atoms with Gasteiger partial charge in [0.2, 0.25) is 5.13 Å². The Kier molecular flexibility index (Phi) is 6.22. The van der Waals surface area contributed by atoms with E-state index >= 15 is 0 Å². The van der Waals surface area contributed by atoms with Crippen molar-refractivity contribution in [1.29, 1.82) is 0 Å². The van der Waals surface area contributed by atoms with Crippen molar-refractivity contribution in [2.24, 2.45) is 5.10 Å². The quantitative estimate of drug-likeness (QED) is 0.426. The molecule has 0 atom stereocenters. The van der Waals surface area contributed by atoms with Crippen LogP contribution in [0.1, 0.15) is 6.42 Å². The third-order valence-electron chi connectivity index (χ3n) is 2.97. The first kappa shape index (κ1) is 17.4. The molecule has 122 valence electrons. The molecule has 0 bridgehead atoms. The largest absolute Gasteiger partial charge is 0.477 e. The van der Waals surface area contributed by atoms with E-state index in [-0.39, 0.29) is 12.1 Å². The van der Waals surface area contributed by atoms with Gasteiger partial charge in [-0.05, 0) is 5.57 Å². The minimum absolute atomic E-state index is 0.0369. The number of carboxylic acids is 1. The Bertz CT molecular complexity index is 792. The van der Waals surface area contributed by atoms with E-state index in [1.54, 1.807) is 18.2 Å². The smallest absolute Gasteiger partial charge is 0.352 e. The van der Waals surface area contributed by atoms with Crippen LogP contribution in [0.3, 0.4) is 0 Å². The number of nitrogens with zero attached hydrogens (tertiary/aromatic N) is 2. The summed E-state index contributed by atoms with van der Waals surface area (Å²) in [6, 6.07) is 9.73. The second kappa shape index (κ2) is 8.59. The summed E-state index contributed by atoms with van der Waals surface area (Å²) in [5, 5.41) is 15.6. The van der Waals surface area contributed by atoms with Crippen LogP contribution >= 0.6 is 11.3 Å². The number of benzene rings is 1. The molecular weight excluding hydrogens is 322 g/mol. The van der Waals surface area contributed by atoms with Crippen molar-refractivity contribution in [2.45, 2.75) is 6.42 Å². The first-order valence-corrected chi connectivity index (χ1v) is 8.02. The van der Waals surface area contributed by atoms with Gasteiger partial charge in [-0.15, -0.1) is 11.3 Å². The van der Waals surface area contributed by atoms with Crippen LogP contribution in [0.25, 0.3) is 11.3 Å². The molecule has 0 fully saturated rings. The number of hydrazone groups is 1. The van der Waals surface area contributed by atoms with Gasteiger partial charge in [-0.3, -0.25) is 5.43 Å². The highest BCUT2D eigenvalue weighted by Gasteiger charge is 2.11. The van der Waals surface area contributed by atoms with E-state index < -0.39 is 5.97 Å². The fourth-order valence-electron chi connectivity index (χ4n) is 1.82. The Hall–Kier alpha value is -2.99. The summed E-state index contributed by atoms with van der Waals surface area (Å²) < 4.78 is 0. The highest BCUT2D eigenvalue weighted by molar-refractivity contribution is 7.14. The van der Waals surface area contributed by atoms with E-state index in [0.717, 1.165) is 11.3 Å². The molecule has 24 heavy (non-hydrogen) atoms. The van der Waals surface area contributed by atoms with Crippen molar-refractivity contribution in [3.05, 3.63) is 72.7 Å². The number of aliphatic carboxylic acids is 1. The SMILES string of the molecule is C=C/C=C\C(=C)C/C(=N\Nc1nc(-c2ccccc2)cs1)C(=O)O. The Morgan fingerprint density at radius 1 is 1.38 bits per heavy atom. The minimum atomic E-state index is -1.10. The van der Waals surface area contributed by atoms with Gasteiger partial charge in [-0.25, -0.2) is 9.78 Å². The van der Waals surface area contributed by atoms with Gasteiger partial charge in [0.25, 0.3) is 0 Å². The lowest BCUT2D eigenvalue weighted by Gasteiger charge is -2.02. The monoisotopic (exact) mass is 339 g/mol. The van der Waals surface area contributed by atoms with Crippen LogP contribution in [-0.4, -0.2) is 21.8 Å². The second-order valence-corrected chi connectivity index (χ2v) is 5.67. The number of rotatable bonds is 8. The van der Waals surface area contributed by atoms with E-state index in [4.69, 9.17) is 0 Å². The van der Waals surface area contributed by atoms with Crippen LogP contribution < -0.4 is 5.43 Å². The topological polar surface area (TPSA) is 74.6 Å². The summed E-state index contributed by atoms with van der Waals surface area (Å²) in [5.74, 6) is -1.10. The lowest BCUT2D eigenvalue weighted by atomic mass is 10.1. The average Bonchev–Trinajstić information content (AvgIpc) is 3.06. The molecule has 0 saturated heterocycles. The van der Waals surface area contributed by atoms with E-state index in [1.807, 2.05) is 35.7 Å². The van der Waals surface area contributed by atoms with Gasteiger partial charge in [-0.1, -0.05) is 61.7 Å². The van der Waals surface area contributed by atoms with Crippen molar-refractivity contribution in [2.75, 3.05) is 5.43 Å². The summed E-state index contributed by atoms with van der Waals surface area (Å²) in [6.45, 7) is 7.35. The zero-order chi connectivity index (χ0) is 17.4. The fourth-order valence-corrected chi connectivity index (χ4v) is 2.48. The van der Waals surface area contributed by atoms with Gasteiger partial charge in [-0.2, -0.15) is 5.10 Å². The molecule has 0 radical (unpaired) electrons. The van der Waals surface area contributed by atoms with Crippen molar-refractivity contribution in [3.63, 3.8) is 0 Å². The molecule has 0 aliphatic heterocycles.